The largest absolute Gasteiger partial charge is 0.370 e. The van der Waals surface area contributed by atoms with Crippen molar-refractivity contribution < 1.29 is 0 Å². The number of anilines is 1. The molecular weight excluding hydrogens is 270 g/mol. The van der Waals surface area contributed by atoms with Crippen molar-refractivity contribution in [2.75, 3.05) is 11.9 Å². The van der Waals surface area contributed by atoms with E-state index in [4.69, 9.17) is 21.6 Å². The van der Waals surface area contributed by atoms with E-state index in [2.05, 4.69) is 12.2 Å². The van der Waals surface area contributed by atoms with E-state index < -0.39 is 0 Å². The third-order valence-corrected chi connectivity index (χ3v) is 3.92. The van der Waals surface area contributed by atoms with Crippen LogP contribution in [0.4, 0.5) is 5.82 Å². The van der Waals surface area contributed by atoms with Gasteiger partial charge in [0.25, 0.3) is 0 Å². The average molecular weight is 288 g/mol. The quantitative estimate of drug-likeness (QED) is 0.920. The number of fused-ring (bicyclic) bond motifs is 1. The Balaban J connectivity index is 2.06. The maximum atomic E-state index is 6.27. The van der Waals surface area contributed by atoms with E-state index in [1.54, 1.807) is 0 Å². The normalized spacial score (nSPS) is 13.3. The summed E-state index contributed by atoms with van der Waals surface area (Å²) in [6.07, 6.45) is 4.36. The highest BCUT2D eigenvalue weighted by Crippen LogP contribution is 2.31. The van der Waals surface area contributed by atoms with E-state index in [0.29, 0.717) is 5.02 Å². The van der Waals surface area contributed by atoms with Crippen molar-refractivity contribution in [2.24, 2.45) is 0 Å². The van der Waals surface area contributed by atoms with Crippen molar-refractivity contribution in [1.82, 2.24) is 9.97 Å². The van der Waals surface area contributed by atoms with E-state index in [1.165, 1.54) is 11.3 Å². The molecule has 0 bridgehead atoms. The van der Waals surface area contributed by atoms with Crippen molar-refractivity contribution >= 4 is 17.4 Å². The Morgan fingerprint density at radius 1 is 1.20 bits per heavy atom. The smallest absolute Gasteiger partial charge is 0.163 e. The molecule has 0 fully saturated rings. The highest BCUT2D eigenvalue weighted by atomic mass is 35.5. The lowest BCUT2D eigenvalue weighted by atomic mass is 10.2. The van der Waals surface area contributed by atoms with Gasteiger partial charge < -0.3 is 5.32 Å². The molecule has 4 heteroatoms. The van der Waals surface area contributed by atoms with E-state index in [0.717, 1.165) is 49.4 Å². The first-order chi connectivity index (χ1) is 9.79. The Kier molecular flexibility index (Phi) is 3.88. The van der Waals surface area contributed by atoms with E-state index in [-0.39, 0.29) is 0 Å². The Hall–Kier alpha value is -1.61. The lowest BCUT2D eigenvalue weighted by Crippen LogP contribution is -2.08. The number of aromatic nitrogens is 2. The summed E-state index contributed by atoms with van der Waals surface area (Å²) in [4.78, 5) is 9.42. The second-order valence-corrected chi connectivity index (χ2v) is 5.49. The summed E-state index contributed by atoms with van der Waals surface area (Å²) in [6, 6.07) is 7.75. The first-order valence-corrected chi connectivity index (χ1v) is 7.56. The van der Waals surface area contributed by atoms with Crippen molar-refractivity contribution in [3.63, 3.8) is 0 Å². The minimum absolute atomic E-state index is 0.701. The number of nitrogens with one attached hydrogen (secondary N) is 1. The molecule has 20 heavy (non-hydrogen) atoms. The summed E-state index contributed by atoms with van der Waals surface area (Å²) >= 11 is 6.27. The fraction of sp³-hybridized carbons (Fsp3) is 0.375. The van der Waals surface area contributed by atoms with Crippen LogP contribution in [0.3, 0.4) is 0 Å². The molecule has 1 N–H and O–H groups in total. The van der Waals surface area contributed by atoms with Crippen LogP contribution in [0.25, 0.3) is 11.4 Å². The number of aryl methyl sites for hydroxylation is 1. The topological polar surface area (TPSA) is 37.8 Å². The predicted molar refractivity (Wildman–Crippen MR) is 83.3 cm³/mol. The van der Waals surface area contributed by atoms with Gasteiger partial charge in [-0.3, -0.25) is 0 Å². The Morgan fingerprint density at radius 2 is 2.05 bits per heavy atom. The van der Waals surface area contributed by atoms with Gasteiger partial charge in [0.2, 0.25) is 0 Å². The average Bonchev–Trinajstić information content (AvgIpc) is 2.93. The summed E-state index contributed by atoms with van der Waals surface area (Å²) in [5, 5.41) is 4.13. The molecule has 1 aromatic carbocycles. The summed E-state index contributed by atoms with van der Waals surface area (Å²) in [7, 11) is 0. The van der Waals surface area contributed by atoms with Gasteiger partial charge in [0.1, 0.15) is 5.82 Å². The van der Waals surface area contributed by atoms with Crippen LogP contribution in [-0.2, 0) is 12.8 Å². The van der Waals surface area contributed by atoms with Gasteiger partial charge in [0.15, 0.2) is 5.82 Å². The molecule has 0 aliphatic heterocycles. The van der Waals surface area contributed by atoms with E-state index in [9.17, 15) is 0 Å². The molecule has 0 spiro atoms. The summed E-state index contributed by atoms with van der Waals surface area (Å²) in [6.45, 7) is 3.09. The van der Waals surface area contributed by atoms with E-state index in [1.807, 2.05) is 24.3 Å². The first-order valence-electron chi connectivity index (χ1n) is 7.18. The van der Waals surface area contributed by atoms with Crippen LogP contribution in [0.15, 0.2) is 24.3 Å². The third kappa shape index (κ3) is 2.50. The van der Waals surface area contributed by atoms with Gasteiger partial charge in [-0.2, -0.15) is 0 Å². The van der Waals surface area contributed by atoms with Crippen LogP contribution >= 0.6 is 11.6 Å². The van der Waals surface area contributed by atoms with Gasteiger partial charge in [0.05, 0.1) is 5.02 Å². The van der Waals surface area contributed by atoms with Gasteiger partial charge in [-0.25, -0.2) is 9.97 Å². The van der Waals surface area contributed by atoms with Crippen LogP contribution in [0.1, 0.15) is 31.0 Å². The summed E-state index contributed by atoms with van der Waals surface area (Å²) < 4.78 is 0. The lowest BCUT2D eigenvalue weighted by Gasteiger charge is -2.12. The molecule has 0 amide bonds. The molecule has 3 nitrogen and oxygen atoms in total. The molecule has 0 radical (unpaired) electrons. The number of nitrogens with zero attached hydrogens (tertiary/aromatic N) is 2. The highest BCUT2D eigenvalue weighted by Gasteiger charge is 2.20. The zero-order chi connectivity index (χ0) is 13.9. The molecule has 1 heterocycles. The Morgan fingerprint density at radius 3 is 2.85 bits per heavy atom. The number of rotatable bonds is 4. The fourth-order valence-corrected chi connectivity index (χ4v) is 2.81. The molecule has 2 aromatic rings. The molecule has 1 aliphatic rings. The maximum Gasteiger partial charge on any atom is 0.163 e. The van der Waals surface area contributed by atoms with Gasteiger partial charge in [-0.15, -0.1) is 0 Å². The van der Waals surface area contributed by atoms with Crippen LogP contribution in [0.2, 0.25) is 5.02 Å². The molecule has 0 saturated heterocycles. The molecule has 0 atom stereocenters. The van der Waals surface area contributed by atoms with Crippen molar-refractivity contribution in [1.29, 1.82) is 0 Å². The van der Waals surface area contributed by atoms with Gasteiger partial charge >= 0.3 is 0 Å². The fourth-order valence-electron chi connectivity index (χ4n) is 2.59. The Labute approximate surface area is 124 Å². The van der Waals surface area contributed by atoms with Crippen LogP contribution in [0, 0.1) is 0 Å². The minimum Gasteiger partial charge on any atom is -0.370 e. The second-order valence-electron chi connectivity index (χ2n) is 5.08. The predicted octanol–water partition coefficient (Wildman–Crippen LogP) is 4.11. The van der Waals surface area contributed by atoms with Crippen molar-refractivity contribution in [2.45, 2.75) is 32.6 Å². The zero-order valence-electron chi connectivity index (χ0n) is 11.6. The SMILES string of the molecule is CCCNc1nc(-c2ccccc2Cl)nc2c1CCC2. The van der Waals surface area contributed by atoms with Crippen molar-refractivity contribution in [3.8, 4) is 11.4 Å². The number of hydrogen-bond acceptors (Lipinski definition) is 3. The first kappa shape index (κ1) is 13.4. The molecule has 3 rings (SSSR count). The van der Waals surface area contributed by atoms with Crippen molar-refractivity contribution in [3.05, 3.63) is 40.5 Å². The molecular formula is C16H18ClN3. The summed E-state index contributed by atoms with van der Waals surface area (Å²) in [5.41, 5.74) is 3.37. The molecule has 1 aromatic heterocycles. The maximum absolute atomic E-state index is 6.27. The molecule has 104 valence electrons. The molecule has 1 aliphatic carbocycles. The number of halogens is 1. The third-order valence-electron chi connectivity index (χ3n) is 3.59. The lowest BCUT2D eigenvalue weighted by molar-refractivity contribution is 0.899. The van der Waals surface area contributed by atoms with Crippen LogP contribution in [0.5, 0.6) is 0 Å². The van der Waals surface area contributed by atoms with Gasteiger partial charge in [0, 0.05) is 23.4 Å². The molecule has 0 saturated carbocycles. The van der Waals surface area contributed by atoms with Crippen LogP contribution < -0.4 is 5.32 Å². The second kappa shape index (κ2) is 5.80. The number of hydrogen-bond donors (Lipinski definition) is 1. The number of benzene rings is 1. The minimum atomic E-state index is 0.701. The summed E-state index contributed by atoms with van der Waals surface area (Å²) in [5.74, 6) is 1.72. The standard InChI is InChI=1S/C16H18ClN3/c1-2-10-18-15-12-7-5-9-14(12)19-16(20-15)11-6-3-4-8-13(11)17/h3-4,6,8H,2,5,7,9-10H2,1H3,(H,18,19,20). The van der Waals surface area contributed by atoms with Crippen LogP contribution in [-0.4, -0.2) is 16.5 Å². The van der Waals surface area contributed by atoms with Gasteiger partial charge in [-0.05, 0) is 37.8 Å². The molecule has 0 unspecified atom stereocenters. The van der Waals surface area contributed by atoms with E-state index >= 15 is 0 Å². The Bertz CT molecular complexity index is 625. The zero-order valence-corrected chi connectivity index (χ0v) is 12.4. The monoisotopic (exact) mass is 287 g/mol. The highest BCUT2D eigenvalue weighted by molar-refractivity contribution is 6.33. The van der Waals surface area contributed by atoms with Gasteiger partial charge in [-0.1, -0.05) is 30.7 Å².